The summed E-state index contributed by atoms with van der Waals surface area (Å²) in [6.45, 7) is 0. The number of hydrogen-bond acceptors (Lipinski definition) is 4. The molecule has 1 aromatic rings. The molecule has 0 fully saturated rings. The van der Waals surface area contributed by atoms with Crippen LogP contribution in [-0.2, 0) is 4.74 Å². The molecule has 1 aromatic heterocycles. The normalized spacial score (nSPS) is 9.42. The van der Waals surface area contributed by atoms with Gasteiger partial charge in [0.1, 0.15) is 5.84 Å². The molecule has 0 atom stereocenters. The molecule has 0 aliphatic carbocycles. The van der Waals surface area contributed by atoms with Gasteiger partial charge in [-0.05, 0) is 6.07 Å². The molecule has 0 saturated carbocycles. The number of nitrogens with one attached hydrogen (secondary N) is 1. The smallest absolute Gasteiger partial charge is 0.338 e. The SMILES string of the molecule is COC(=O)c1csc(C(=N)N)c1. The Labute approximate surface area is 73.5 Å². The number of hydrogen-bond donors (Lipinski definition) is 2. The molecule has 1 heterocycles. The van der Waals surface area contributed by atoms with Crippen molar-refractivity contribution >= 4 is 23.1 Å². The molecule has 0 aliphatic rings. The lowest BCUT2D eigenvalue weighted by molar-refractivity contribution is 0.0601. The van der Waals surface area contributed by atoms with Crippen LogP contribution in [0.2, 0.25) is 0 Å². The van der Waals surface area contributed by atoms with Crippen molar-refractivity contribution in [3.63, 3.8) is 0 Å². The third-order valence-electron chi connectivity index (χ3n) is 1.29. The average molecular weight is 184 g/mol. The van der Waals surface area contributed by atoms with E-state index in [1.807, 2.05) is 0 Å². The van der Waals surface area contributed by atoms with Crippen LogP contribution >= 0.6 is 11.3 Å². The number of carbonyl (C=O) groups is 1. The van der Waals surface area contributed by atoms with Gasteiger partial charge < -0.3 is 10.5 Å². The van der Waals surface area contributed by atoms with Crippen LogP contribution in [0.3, 0.4) is 0 Å². The van der Waals surface area contributed by atoms with Crippen LogP contribution in [0.4, 0.5) is 0 Å². The summed E-state index contributed by atoms with van der Waals surface area (Å²) < 4.78 is 4.49. The molecular weight excluding hydrogens is 176 g/mol. The van der Waals surface area contributed by atoms with Gasteiger partial charge in [0.15, 0.2) is 0 Å². The largest absolute Gasteiger partial charge is 0.465 e. The third kappa shape index (κ3) is 1.62. The number of amidine groups is 1. The Bertz CT molecular complexity index is 319. The second kappa shape index (κ2) is 3.36. The van der Waals surface area contributed by atoms with E-state index >= 15 is 0 Å². The van der Waals surface area contributed by atoms with Crippen molar-refractivity contribution in [2.24, 2.45) is 5.73 Å². The zero-order valence-electron chi connectivity index (χ0n) is 6.46. The summed E-state index contributed by atoms with van der Waals surface area (Å²) >= 11 is 1.25. The van der Waals surface area contributed by atoms with Crippen LogP contribution in [0.1, 0.15) is 15.2 Å². The number of esters is 1. The van der Waals surface area contributed by atoms with Crippen molar-refractivity contribution in [2.75, 3.05) is 7.11 Å². The summed E-state index contributed by atoms with van der Waals surface area (Å²) in [5.74, 6) is -0.436. The Morgan fingerprint density at radius 3 is 2.83 bits per heavy atom. The maximum absolute atomic E-state index is 10.9. The molecule has 0 radical (unpaired) electrons. The first kappa shape index (κ1) is 8.73. The standard InChI is InChI=1S/C7H8N2O2S/c1-11-7(10)4-2-5(6(8)9)12-3-4/h2-3H,1H3,(H3,8,9). The van der Waals surface area contributed by atoms with E-state index in [2.05, 4.69) is 4.74 Å². The van der Waals surface area contributed by atoms with Gasteiger partial charge in [0.05, 0.1) is 17.6 Å². The number of thiophene rings is 1. The third-order valence-corrected chi connectivity index (χ3v) is 2.25. The highest BCUT2D eigenvalue weighted by molar-refractivity contribution is 7.12. The predicted octanol–water partition coefficient (Wildman–Crippen LogP) is 0.819. The van der Waals surface area contributed by atoms with Gasteiger partial charge >= 0.3 is 5.97 Å². The van der Waals surface area contributed by atoms with Gasteiger partial charge in [0.25, 0.3) is 0 Å². The van der Waals surface area contributed by atoms with E-state index in [1.165, 1.54) is 18.4 Å². The maximum atomic E-state index is 10.9. The molecule has 0 spiro atoms. The Hall–Kier alpha value is -1.36. The van der Waals surface area contributed by atoms with Crippen molar-refractivity contribution in [1.29, 1.82) is 5.41 Å². The molecule has 12 heavy (non-hydrogen) atoms. The first-order valence-electron chi connectivity index (χ1n) is 3.16. The average Bonchev–Trinajstić information content (AvgIpc) is 2.51. The van der Waals surface area contributed by atoms with Crippen molar-refractivity contribution in [2.45, 2.75) is 0 Å². The number of rotatable bonds is 2. The quantitative estimate of drug-likeness (QED) is 0.406. The molecule has 0 bridgehead atoms. The van der Waals surface area contributed by atoms with E-state index in [-0.39, 0.29) is 5.84 Å². The van der Waals surface area contributed by atoms with Crippen LogP contribution in [-0.4, -0.2) is 18.9 Å². The Balaban J connectivity index is 2.91. The number of methoxy groups -OCH3 is 1. The van der Waals surface area contributed by atoms with Crippen LogP contribution in [0.15, 0.2) is 11.4 Å². The van der Waals surface area contributed by atoms with Crippen molar-refractivity contribution in [1.82, 2.24) is 0 Å². The lowest BCUT2D eigenvalue weighted by Crippen LogP contribution is -2.08. The fraction of sp³-hybridized carbons (Fsp3) is 0.143. The molecule has 4 nitrogen and oxygen atoms in total. The molecule has 3 N–H and O–H groups in total. The molecule has 0 aromatic carbocycles. The zero-order chi connectivity index (χ0) is 9.14. The van der Waals surface area contributed by atoms with Crippen LogP contribution < -0.4 is 5.73 Å². The molecule has 0 aliphatic heterocycles. The van der Waals surface area contributed by atoms with E-state index in [0.717, 1.165) is 0 Å². The van der Waals surface area contributed by atoms with Crippen LogP contribution in [0.25, 0.3) is 0 Å². The fourth-order valence-corrected chi connectivity index (χ4v) is 1.44. The molecule has 0 amide bonds. The number of ether oxygens (including phenoxy) is 1. The molecular formula is C7H8N2O2S. The Kier molecular flexibility index (Phi) is 2.44. The highest BCUT2D eigenvalue weighted by Crippen LogP contribution is 2.14. The van der Waals surface area contributed by atoms with Gasteiger partial charge in [-0.3, -0.25) is 5.41 Å². The molecule has 0 unspecified atom stereocenters. The first-order valence-corrected chi connectivity index (χ1v) is 4.04. The first-order chi connectivity index (χ1) is 5.65. The minimum atomic E-state index is -0.404. The van der Waals surface area contributed by atoms with Gasteiger partial charge in [-0.1, -0.05) is 0 Å². The Morgan fingerprint density at radius 1 is 1.75 bits per heavy atom. The van der Waals surface area contributed by atoms with E-state index in [1.54, 1.807) is 11.4 Å². The number of nitrogens with two attached hydrogens (primary N) is 1. The van der Waals surface area contributed by atoms with Gasteiger partial charge in [-0.25, -0.2) is 4.79 Å². The molecule has 64 valence electrons. The summed E-state index contributed by atoms with van der Waals surface area (Å²) in [5, 5.41) is 8.70. The van der Waals surface area contributed by atoms with E-state index < -0.39 is 5.97 Å². The molecule has 0 saturated heterocycles. The number of nitrogen functional groups attached to an aromatic ring is 1. The molecule has 1 rings (SSSR count). The van der Waals surface area contributed by atoms with Crippen LogP contribution in [0.5, 0.6) is 0 Å². The second-order valence-electron chi connectivity index (χ2n) is 2.10. The summed E-state index contributed by atoms with van der Waals surface area (Å²) in [5.41, 5.74) is 5.65. The monoisotopic (exact) mass is 184 g/mol. The summed E-state index contributed by atoms with van der Waals surface area (Å²) in [4.78, 5) is 11.5. The number of carbonyl (C=O) groups excluding carboxylic acids is 1. The summed E-state index contributed by atoms with van der Waals surface area (Å²) in [6, 6.07) is 1.54. The minimum absolute atomic E-state index is 0.0323. The van der Waals surface area contributed by atoms with Gasteiger partial charge in [-0.15, -0.1) is 11.3 Å². The Morgan fingerprint density at radius 2 is 2.42 bits per heavy atom. The van der Waals surface area contributed by atoms with Crippen molar-refractivity contribution in [3.05, 3.63) is 21.9 Å². The summed E-state index contributed by atoms with van der Waals surface area (Å²) in [6.07, 6.45) is 0. The second-order valence-corrected chi connectivity index (χ2v) is 3.02. The van der Waals surface area contributed by atoms with E-state index in [0.29, 0.717) is 10.4 Å². The lowest BCUT2D eigenvalue weighted by atomic mass is 10.3. The van der Waals surface area contributed by atoms with E-state index in [9.17, 15) is 4.79 Å². The topological polar surface area (TPSA) is 76.2 Å². The minimum Gasteiger partial charge on any atom is -0.465 e. The zero-order valence-corrected chi connectivity index (χ0v) is 7.27. The van der Waals surface area contributed by atoms with E-state index in [4.69, 9.17) is 11.1 Å². The lowest BCUT2D eigenvalue weighted by Gasteiger charge is -1.92. The molecule has 5 heteroatoms. The van der Waals surface area contributed by atoms with Crippen LogP contribution in [0, 0.1) is 5.41 Å². The maximum Gasteiger partial charge on any atom is 0.338 e. The summed E-state index contributed by atoms with van der Waals surface area (Å²) in [7, 11) is 1.31. The van der Waals surface area contributed by atoms with Crippen molar-refractivity contribution in [3.8, 4) is 0 Å². The fourth-order valence-electron chi connectivity index (χ4n) is 0.702. The highest BCUT2D eigenvalue weighted by atomic mass is 32.1. The van der Waals surface area contributed by atoms with Gasteiger partial charge in [0, 0.05) is 5.38 Å². The predicted molar refractivity (Wildman–Crippen MR) is 46.7 cm³/mol. The van der Waals surface area contributed by atoms with Gasteiger partial charge in [-0.2, -0.15) is 0 Å². The van der Waals surface area contributed by atoms with Gasteiger partial charge in [0.2, 0.25) is 0 Å². The highest BCUT2D eigenvalue weighted by Gasteiger charge is 2.09. The van der Waals surface area contributed by atoms with Crippen molar-refractivity contribution < 1.29 is 9.53 Å².